The second-order valence-electron chi connectivity index (χ2n) is 6.87. The van der Waals surface area contributed by atoms with Gasteiger partial charge in [0.15, 0.2) is 0 Å². The number of hydrogen-bond donors (Lipinski definition) is 1. The van der Waals surface area contributed by atoms with Crippen molar-refractivity contribution in [1.29, 1.82) is 0 Å². The molecule has 0 aromatic rings. The van der Waals surface area contributed by atoms with Gasteiger partial charge in [-0.25, -0.2) is 4.79 Å². The Morgan fingerprint density at radius 2 is 1.91 bits per heavy atom. The van der Waals surface area contributed by atoms with E-state index in [4.69, 9.17) is 0 Å². The largest absolute Gasteiger partial charge is 0.342 e. The van der Waals surface area contributed by atoms with Crippen molar-refractivity contribution in [1.82, 2.24) is 15.1 Å². The summed E-state index contributed by atoms with van der Waals surface area (Å²) in [6, 6.07) is -0.341. The number of urea groups is 1. The number of nitrogens with zero attached hydrogens (tertiary/aromatic N) is 2. The zero-order valence-corrected chi connectivity index (χ0v) is 12.5. The Balaban J connectivity index is 1.36. The summed E-state index contributed by atoms with van der Waals surface area (Å²) in [6.45, 7) is 1.41. The lowest BCUT2D eigenvalue weighted by Crippen LogP contribution is -2.50. The second kappa shape index (κ2) is 5.11. The van der Waals surface area contributed by atoms with Gasteiger partial charge in [0, 0.05) is 25.0 Å². The average molecular weight is 303 g/mol. The quantitative estimate of drug-likeness (QED) is 0.604. The van der Waals surface area contributed by atoms with E-state index in [0.717, 1.165) is 12.8 Å². The molecule has 3 atom stereocenters. The van der Waals surface area contributed by atoms with Crippen LogP contribution in [0.4, 0.5) is 4.79 Å². The molecule has 118 valence electrons. The summed E-state index contributed by atoms with van der Waals surface area (Å²) in [7, 11) is 0. The van der Waals surface area contributed by atoms with Gasteiger partial charge in [0.05, 0.1) is 6.54 Å². The minimum absolute atomic E-state index is 0.0565. The molecule has 0 spiro atoms. The summed E-state index contributed by atoms with van der Waals surface area (Å²) in [5.41, 5.74) is 0. The zero-order valence-electron chi connectivity index (χ0n) is 12.5. The first-order valence-corrected chi connectivity index (χ1v) is 8.20. The molecule has 1 N–H and O–H groups in total. The molecule has 4 rings (SSSR count). The first-order valence-electron chi connectivity index (χ1n) is 8.20. The number of piperidine rings is 1. The average Bonchev–Trinajstić information content (AvgIpc) is 3.23. The Bertz CT molecular complexity index is 535. The number of allylic oxidation sites excluding steroid dienone is 2. The van der Waals surface area contributed by atoms with Crippen LogP contribution in [0.3, 0.4) is 0 Å². The summed E-state index contributed by atoms with van der Waals surface area (Å²) in [6.07, 6.45) is 7.97. The maximum atomic E-state index is 12.7. The van der Waals surface area contributed by atoms with E-state index < -0.39 is 0 Å². The van der Waals surface area contributed by atoms with Crippen LogP contribution in [0.25, 0.3) is 0 Å². The van der Waals surface area contributed by atoms with Crippen molar-refractivity contribution >= 4 is 17.8 Å². The van der Waals surface area contributed by atoms with Gasteiger partial charge >= 0.3 is 6.03 Å². The molecule has 1 saturated carbocycles. The van der Waals surface area contributed by atoms with E-state index in [1.54, 1.807) is 0 Å². The lowest BCUT2D eigenvalue weighted by Gasteiger charge is -2.37. The minimum atomic E-state index is -0.284. The molecule has 2 aliphatic carbocycles. The molecule has 3 unspecified atom stereocenters. The van der Waals surface area contributed by atoms with Crippen LogP contribution in [-0.4, -0.2) is 53.3 Å². The van der Waals surface area contributed by atoms with Gasteiger partial charge in [-0.2, -0.15) is 0 Å². The van der Waals surface area contributed by atoms with Crippen molar-refractivity contribution < 1.29 is 14.4 Å². The number of carbonyl (C=O) groups is 3. The van der Waals surface area contributed by atoms with Crippen molar-refractivity contribution in [2.75, 3.05) is 19.6 Å². The maximum absolute atomic E-state index is 12.7. The van der Waals surface area contributed by atoms with Crippen LogP contribution in [0, 0.1) is 17.8 Å². The molecule has 22 heavy (non-hydrogen) atoms. The van der Waals surface area contributed by atoms with Gasteiger partial charge in [-0.3, -0.25) is 14.5 Å². The van der Waals surface area contributed by atoms with Gasteiger partial charge in [-0.15, -0.1) is 0 Å². The van der Waals surface area contributed by atoms with Crippen molar-refractivity contribution in [3.63, 3.8) is 0 Å². The van der Waals surface area contributed by atoms with E-state index in [1.807, 2.05) is 4.90 Å². The Kier molecular flexibility index (Phi) is 3.20. The summed E-state index contributed by atoms with van der Waals surface area (Å²) < 4.78 is 0. The van der Waals surface area contributed by atoms with Crippen molar-refractivity contribution in [3.8, 4) is 0 Å². The molecular formula is C16H21N3O3. The Morgan fingerprint density at radius 3 is 2.45 bits per heavy atom. The van der Waals surface area contributed by atoms with Gasteiger partial charge in [-0.05, 0) is 37.5 Å². The molecule has 0 aromatic carbocycles. The van der Waals surface area contributed by atoms with Crippen LogP contribution in [0.2, 0.25) is 0 Å². The monoisotopic (exact) mass is 303 g/mol. The summed E-state index contributed by atoms with van der Waals surface area (Å²) >= 11 is 0. The predicted molar refractivity (Wildman–Crippen MR) is 78.7 cm³/mol. The highest BCUT2D eigenvalue weighted by atomic mass is 16.2. The van der Waals surface area contributed by atoms with Crippen LogP contribution in [0.5, 0.6) is 0 Å². The lowest BCUT2D eigenvalue weighted by atomic mass is 9.91. The molecular weight excluding hydrogens is 282 g/mol. The van der Waals surface area contributed by atoms with Crippen molar-refractivity contribution in [2.45, 2.75) is 31.7 Å². The molecule has 6 heteroatoms. The minimum Gasteiger partial charge on any atom is -0.342 e. The fraction of sp³-hybridized carbons (Fsp3) is 0.688. The number of imide groups is 1. The van der Waals surface area contributed by atoms with Gasteiger partial charge in [0.1, 0.15) is 0 Å². The Hall–Kier alpha value is -1.85. The number of rotatable bonds is 2. The zero-order chi connectivity index (χ0) is 15.3. The van der Waals surface area contributed by atoms with Crippen LogP contribution >= 0.6 is 0 Å². The fourth-order valence-corrected chi connectivity index (χ4v) is 4.45. The van der Waals surface area contributed by atoms with E-state index in [0.29, 0.717) is 37.8 Å². The Labute approximate surface area is 129 Å². The molecule has 2 heterocycles. The molecule has 2 aliphatic heterocycles. The molecule has 3 fully saturated rings. The third-order valence-corrected chi connectivity index (χ3v) is 5.62. The normalized spacial score (nSPS) is 34.6. The van der Waals surface area contributed by atoms with E-state index in [2.05, 4.69) is 17.5 Å². The van der Waals surface area contributed by atoms with E-state index in [1.165, 1.54) is 4.90 Å². The highest BCUT2D eigenvalue weighted by molar-refractivity contribution is 6.02. The maximum Gasteiger partial charge on any atom is 0.324 e. The highest BCUT2D eigenvalue weighted by Crippen LogP contribution is 2.44. The summed E-state index contributed by atoms with van der Waals surface area (Å²) in [5.74, 6) is 1.31. The van der Waals surface area contributed by atoms with E-state index >= 15 is 0 Å². The number of hydrogen-bond acceptors (Lipinski definition) is 3. The number of likely N-dealkylation sites (tertiary alicyclic amines) is 1. The van der Waals surface area contributed by atoms with Crippen molar-refractivity contribution in [2.24, 2.45) is 17.8 Å². The van der Waals surface area contributed by atoms with E-state index in [-0.39, 0.29) is 36.3 Å². The number of nitrogens with one attached hydrogen (secondary N) is 1. The topological polar surface area (TPSA) is 69.7 Å². The van der Waals surface area contributed by atoms with Gasteiger partial charge in [0.25, 0.3) is 0 Å². The van der Waals surface area contributed by atoms with Gasteiger partial charge < -0.3 is 10.2 Å². The molecule has 6 nitrogen and oxygen atoms in total. The predicted octanol–water partition coefficient (Wildman–Crippen LogP) is 0.741. The molecule has 4 amide bonds. The first-order chi connectivity index (χ1) is 10.6. The van der Waals surface area contributed by atoms with Gasteiger partial charge in [-0.1, -0.05) is 12.2 Å². The molecule has 0 aromatic heterocycles. The lowest BCUT2D eigenvalue weighted by molar-refractivity contribution is -0.138. The summed E-state index contributed by atoms with van der Waals surface area (Å²) in [4.78, 5) is 39.4. The van der Waals surface area contributed by atoms with Crippen molar-refractivity contribution in [3.05, 3.63) is 12.2 Å². The number of carbonyl (C=O) groups excluding carboxylic acids is 3. The first kappa shape index (κ1) is 13.8. The third kappa shape index (κ3) is 2.12. The highest BCUT2D eigenvalue weighted by Gasteiger charge is 2.43. The van der Waals surface area contributed by atoms with Crippen LogP contribution in [0.1, 0.15) is 25.7 Å². The third-order valence-electron chi connectivity index (χ3n) is 5.62. The van der Waals surface area contributed by atoms with Crippen LogP contribution in [0.15, 0.2) is 12.2 Å². The summed E-state index contributed by atoms with van der Waals surface area (Å²) in [5, 5.41) is 2.56. The smallest absolute Gasteiger partial charge is 0.324 e. The van der Waals surface area contributed by atoms with E-state index in [9.17, 15) is 14.4 Å². The second-order valence-corrected chi connectivity index (χ2v) is 6.87. The standard InChI is InChI=1S/C16H21N3O3/c20-14-9-17-16(22)19(14)12-3-5-18(6-4-12)15(21)13-8-10-1-2-11(13)7-10/h1-2,10-13H,3-9H2,(H,17,22). The van der Waals surface area contributed by atoms with Gasteiger partial charge in [0.2, 0.25) is 11.8 Å². The van der Waals surface area contributed by atoms with Crippen LogP contribution < -0.4 is 5.32 Å². The molecule has 4 aliphatic rings. The number of fused-ring (bicyclic) bond motifs is 2. The Morgan fingerprint density at radius 1 is 1.14 bits per heavy atom. The number of amides is 4. The van der Waals surface area contributed by atoms with Crippen LogP contribution in [-0.2, 0) is 9.59 Å². The fourth-order valence-electron chi connectivity index (χ4n) is 4.45. The molecule has 2 saturated heterocycles. The molecule has 2 bridgehead atoms. The SMILES string of the molecule is O=C(C1CC2C=CC1C2)N1CCC(N2C(=O)CNC2=O)CC1. The molecule has 0 radical (unpaired) electrons.